The normalized spacial score (nSPS) is 11.3. The zero-order valence-electron chi connectivity index (χ0n) is 5.98. The first kappa shape index (κ1) is 10.9. The van der Waals surface area contributed by atoms with E-state index in [9.17, 15) is 14.2 Å². The first-order valence-corrected chi connectivity index (χ1v) is 3.73. The van der Waals surface area contributed by atoms with Crippen LogP contribution in [-0.4, -0.2) is 23.0 Å². The molecule has 7 heteroatoms. The van der Waals surface area contributed by atoms with Crippen LogP contribution in [0.3, 0.4) is 0 Å². The van der Waals surface area contributed by atoms with E-state index in [1.807, 2.05) is 5.75 Å². The van der Waals surface area contributed by atoms with Crippen molar-refractivity contribution >= 4 is 19.8 Å². The third-order valence-corrected chi connectivity index (χ3v) is 1.21. The number of hydrogen-bond donors (Lipinski definition) is 3. The van der Waals surface area contributed by atoms with Crippen LogP contribution in [0.4, 0.5) is 0 Å². The van der Waals surface area contributed by atoms with Crippen LogP contribution in [0.25, 0.3) is 0 Å². The molecule has 0 aliphatic rings. The Morgan fingerprint density at radius 3 is 2.58 bits per heavy atom. The van der Waals surface area contributed by atoms with Gasteiger partial charge in [-0.3, -0.25) is 0 Å². The summed E-state index contributed by atoms with van der Waals surface area (Å²) >= 11 is 0. The standard InChI is InChI=1S/C5H7N2O4P/c6-4(8)1-3(5(9)10)7-2-12-11/h3,7H,1H2,(H2,6,8)(H,9,10)/t3-/m0/s1. The van der Waals surface area contributed by atoms with Gasteiger partial charge in [0.05, 0.1) is 0 Å². The maximum absolute atomic E-state index is 10.3. The fourth-order valence-corrected chi connectivity index (χ4v) is 0.714. The van der Waals surface area contributed by atoms with Gasteiger partial charge >= 0.3 is 68.3 Å². The molecule has 6 nitrogen and oxygen atoms in total. The molecule has 66 valence electrons. The van der Waals surface area contributed by atoms with E-state index in [4.69, 9.17) is 10.8 Å². The molecule has 0 fully saturated rings. The molecule has 0 unspecified atom stereocenters. The van der Waals surface area contributed by atoms with E-state index in [-0.39, 0.29) is 6.42 Å². The average molecular weight is 190 g/mol. The number of carbonyl (C=O) groups excluding carboxylic acids is 1. The number of nitrogens with one attached hydrogen (secondary N) is 1. The zero-order valence-corrected chi connectivity index (χ0v) is 6.88. The molecule has 0 aromatic carbocycles. The predicted molar refractivity (Wildman–Crippen MR) is 39.9 cm³/mol. The van der Waals surface area contributed by atoms with Gasteiger partial charge in [0, 0.05) is 0 Å². The van der Waals surface area contributed by atoms with Crippen molar-refractivity contribution in [2.24, 2.45) is 5.73 Å². The van der Waals surface area contributed by atoms with Gasteiger partial charge in [-0.05, 0) is 0 Å². The molecule has 0 saturated carbocycles. The Morgan fingerprint density at radius 2 is 2.25 bits per heavy atom. The minimum absolute atomic E-state index is 0.363. The number of rotatable bonds is 4. The molecule has 0 radical (unpaired) electrons. The third kappa shape index (κ3) is 4.68. The number of nitrogens with two attached hydrogens (primary N) is 1. The second-order valence-corrected chi connectivity index (χ2v) is 2.31. The molecule has 0 aromatic heterocycles. The van der Waals surface area contributed by atoms with Crippen molar-refractivity contribution in [3.8, 4) is 5.75 Å². The van der Waals surface area contributed by atoms with E-state index in [1.165, 1.54) is 0 Å². The quantitative estimate of drug-likeness (QED) is 0.393. The van der Waals surface area contributed by atoms with Gasteiger partial charge in [-0.15, -0.1) is 0 Å². The van der Waals surface area contributed by atoms with Crippen molar-refractivity contribution in [3.63, 3.8) is 0 Å². The molecule has 0 aliphatic carbocycles. The second kappa shape index (κ2) is 5.55. The summed E-state index contributed by atoms with van der Waals surface area (Å²) in [5.74, 6) is 0.0170. The number of amides is 1. The van der Waals surface area contributed by atoms with Gasteiger partial charge in [0.1, 0.15) is 0 Å². The van der Waals surface area contributed by atoms with E-state index in [2.05, 4.69) is 5.32 Å². The number of aliphatic carboxylic acids is 1. The Balaban J connectivity index is 4.19. The van der Waals surface area contributed by atoms with Crippen LogP contribution in [0.2, 0.25) is 0 Å². The molecule has 0 aliphatic heterocycles. The van der Waals surface area contributed by atoms with Gasteiger partial charge < -0.3 is 0 Å². The van der Waals surface area contributed by atoms with Gasteiger partial charge in [-0.1, -0.05) is 0 Å². The molecule has 0 heterocycles. The molecular formula is C5H7N2O4P. The van der Waals surface area contributed by atoms with E-state index >= 15 is 0 Å². The summed E-state index contributed by atoms with van der Waals surface area (Å²) in [6.45, 7) is 0. The van der Waals surface area contributed by atoms with Crippen LogP contribution in [0.15, 0.2) is 0 Å². The summed E-state index contributed by atoms with van der Waals surface area (Å²) in [7, 11) is -0.469. The molecule has 4 N–H and O–H groups in total. The number of hydrogen-bond acceptors (Lipinski definition) is 4. The van der Waals surface area contributed by atoms with Crippen LogP contribution >= 0.6 is 7.92 Å². The molecule has 0 spiro atoms. The van der Waals surface area contributed by atoms with Crippen LogP contribution in [-0.2, 0) is 14.2 Å². The number of carbonyl (C=O) groups is 2. The fraction of sp³-hybridized carbons (Fsp3) is 0.400. The summed E-state index contributed by atoms with van der Waals surface area (Å²) in [5, 5.41) is 10.6. The average Bonchev–Trinajstić information content (AvgIpc) is 1.96. The summed E-state index contributed by atoms with van der Waals surface area (Å²) in [5.41, 5.74) is 4.75. The second-order valence-electron chi connectivity index (χ2n) is 1.91. The Labute approximate surface area is 69.2 Å². The summed E-state index contributed by atoms with van der Waals surface area (Å²) in [4.78, 5) is 20.6. The van der Waals surface area contributed by atoms with Crippen molar-refractivity contribution in [1.82, 2.24) is 5.32 Å². The molecular weight excluding hydrogens is 183 g/mol. The van der Waals surface area contributed by atoms with Gasteiger partial charge in [-0.25, -0.2) is 0 Å². The molecule has 0 rings (SSSR count). The van der Waals surface area contributed by atoms with Crippen LogP contribution in [0, 0.1) is 5.75 Å². The van der Waals surface area contributed by atoms with E-state index in [0.717, 1.165) is 0 Å². The Kier molecular flexibility index (Phi) is 5.04. The summed E-state index contributed by atoms with van der Waals surface area (Å²) < 4.78 is 9.83. The number of primary amides is 1. The van der Waals surface area contributed by atoms with Crippen LogP contribution < -0.4 is 11.1 Å². The van der Waals surface area contributed by atoms with Crippen LogP contribution in [0.5, 0.6) is 0 Å². The van der Waals surface area contributed by atoms with Gasteiger partial charge in [0.15, 0.2) is 0 Å². The van der Waals surface area contributed by atoms with Gasteiger partial charge in [0.2, 0.25) is 0 Å². The molecule has 0 bridgehead atoms. The molecule has 1 amide bonds. The van der Waals surface area contributed by atoms with Crippen molar-refractivity contribution in [2.75, 3.05) is 0 Å². The molecule has 0 aromatic rings. The van der Waals surface area contributed by atoms with Gasteiger partial charge in [-0.2, -0.15) is 0 Å². The van der Waals surface area contributed by atoms with E-state index in [0.29, 0.717) is 0 Å². The van der Waals surface area contributed by atoms with Crippen molar-refractivity contribution < 1.29 is 19.3 Å². The first-order chi connectivity index (χ1) is 5.57. The Morgan fingerprint density at radius 1 is 1.67 bits per heavy atom. The molecule has 0 saturated heterocycles. The van der Waals surface area contributed by atoms with Crippen molar-refractivity contribution in [2.45, 2.75) is 12.5 Å². The fourth-order valence-electron chi connectivity index (χ4n) is 0.506. The monoisotopic (exact) mass is 190 g/mol. The van der Waals surface area contributed by atoms with E-state index < -0.39 is 25.8 Å². The Hall–Kier alpha value is -1.09. The third-order valence-electron chi connectivity index (χ3n) is 0.988. The van der Waals surface area contributed by atoms with Crippen molar-refractivity contribution in [1.29, 1.82) is 0 Å². The van der Waals surface area contributed by atoms with Crippen LogP contribution in [0.1, 0.15) is 6.42 Å². The maximum atomic E-state index is 10.3. The van der Waals surface area contributed by atoms with Gasteiger partial charge in [0.25, 0.3) is 0 Å². The van der Waals surface area contributed by atoms with E-state index in [1.54, 1.807) is 0 Å². The summed E-state index contributed by atoms with van der Waals surface area (Å²) in [6, 6.07) is -1.16. The summed E-state index contributed by atoms with van der Waals surface area (Å²) in [6.07, 6.45) is -0.363. The topological polar surface area (TPSA) is 109 Å². The minimum atomic E-state index is -1.25. The molecule has 1 atom stereocenters. The molecule has 12 heavy (non-hydrogen) atoms. The Bertz CT molecular complexity index is 283. The first-order valence-electron chi connectivity index (χ1n) is 2.92. The SMILES string of the molecule is NC(=O)C[C@H](NC#P=O)C(=O)O. The van der Waals surface area contributed by atoms with Crippen molar-refractivity contribution in [3.05, 3.63) is 0 Å². The number of carboxylic acids is 1. The zero-order chi connectivity index (χ0) is 9.56. The number of carboxylic acid groups (broad SMARTS) is 1. The predicted octanol–water partition coefficient (Wildman–Crippen LogP) is -0.887.